The Balaban J connectivity index is 1.39. The number of benzene rings is 1. The first-order valence-corrected chi connectivity index (χ1v) is 8.98. The molecular formula is C19H25N5O. The van der Waals surface area contributed by atoms with E-state index in [1.165, 1.54) is 24.0 Å². The van der Waals surface area contributed by atoms with Crippen LogP contribution in [0.4, 0.5) is 5.69 Å². The van der Waals surface area contributed by atoms with E-state index in [-0.39, 0.29) is 6.10 Å². The topological polar surface area (TPSA) is 77.5 Å². The van der Waals surface area contributed by atoms with Gasteiger partial charge in [-0.15, -0.1) is 0 Å². The number of fused-ring (bicyclic) bond motifs is 1. The first kappa shape index (κ1) is 16.1. The number of nitrogens with two attached hydrogens (primary N) is 1. The molecule has 1 aromatic carbocycles. The summed E-state index contributed by atoms with van der Waals surface area (Å²) in [6.45, 7) is 1.42. The predicted molar refractivity (Wildman–Crippen MR) is 98.6 cm³/mol. The molecule has 0 bridgehead atoms. The van der Waals surface area contributed by atoms with Crippen molar-refractivity contribution in [3.05, 3.63) is 47.3 Å². The van der Waals surface area contributed by atoms with Crippen molar-refractivity contribution in [3.63, 3.8) is 0 Å². The number of anilines is 1. The Morgan fingerprint density at radius 2 is 2.28 bits per heavy atom. The Labute approximate surface area is 148 Å². The highest BCUT2D eigenvalue weighted by Crippen LogP contribution is 2.34. The molecule has 1 aromatic heterocycles. The number of hydrogen-bond acceptors (Lipinski definition) is 3. The highest BCUT2D eigenvalue weighted by Gasteiger charge is 2.30. The van der Waals surface area contributed by atoms with Gasteiger partial charge in [-0.25, -0.2) is 0 Å². The molecule has 25 heavy (non-hydrogen) atoms. The summed E-state index contributed by atoms with van der Waals surface area (Å²) < 4.78 is 7.69. The standard InChI is InChI=1S/C19H25N5O/c1-24-12-16(11-22-24)18-15(7-8-25-18)10-21-19(20)23-17-6-5-13-3-2-4-14(13)9-17/h5-6,9,11-12,15,18H,2-4,7-8,10H2,1H3,(H3,20,21,23)/t15-,18+/m0/s1. The Kier molecular flexibility index (Phi) is 4.44. The van der Waals surface area contributed by atoms with Crippen LogP contribution in [0.2, 0.25) is 0 Å². The third-order valence-electron chi connectivity index (χ3n) is 5.13. The van der Waals surface area contributed by atoms with Gasteiger partial charge in [-0.3, -0.25) is 9.67 Å². The summed E-state index contributed by atoms with van der Waals surface area (Å²) in [6, 6.07) is 6.48. The second-order valence-corrected chi connectivity index (χ2v) is 6.98. The van der Waals surface area contributed by atoms with Crippen molar-refractivity contribution >= 4 is 11.6 Å². The second kappa shape index (κ2) is 6.88. The van der Waals surface area contributed by atoms with Crippen LogP contribution in [0.1, 0.15) is 35.6 Å². The molecule has 1 aliphatic carbocycles. The van der Waals surface area contributed by atoms with Crippen molar-refractivity contribution in [1.29, 1.82) is 0 Å². The lowest BCUT2D eigenvalue weighted by Crippen LogP contribution is -2.24. The van der Waals surface area contributed by atoms with Gasteiger partial charge in [0.05, 0.1) is 12.3 Å². The summed E-state index contributed by atoms with van der Waals surface area (Å²) >= 11 is 0. The number of aromatic nitrogens is 2. The van der Waals surface area contributed by atoms with Crippen LogP contribution in [0.15, 0.2) is 35.6 Å². The first-order valence-electron chi connectivity index (χ1n) is 8.98. The predicted octanol–water partition coefficient (Wildman–Crippen LogP) is 2.41. The number of aryl methyl sites for hydroxylation is 3. The van der Waals surface area contributed by atoms with Gasteiger partial charge < -0.3 is 15.8 Å². The van der Waals surface area contributed by atoms with Gasteiger partial charge in [0.25, 0.3) is 0 Å². The van der Waals surface area contributed by atoms with Crippen molar-refractivity contribution in [2.75, 3.05) is 18.5 Å². The maximum absolute atomic E-state index is 6.10. The number of nitrogens with one attached hydrogen (secondary N) is 1. The third-order valence-corrected chi connectivity index (χ3v) is 5.13. The summed E-state index contributed by atoms with van der Waals surface area (Å²) in [6.07, 6.45) is 8.54. The molecule has 0 spiro atoms. The Hall–Kier alpha value is -2.34. The smallest absolute Gasteiger partial charge is 0.193 e. The molecule has 0 amide bonds. The highest BCUT2D eigenvalue weighted by molar-refractivity contribution is 5.92. The van der Waals surface area contributed by atoms with Crippen LogP contribution in [-0.2, 0) is 24.6 Å². The van der Waals surface area contributed by atoms with E-state index in [1.807, 2.05) is 19.4 Å². The first-order chi connectivity index (χ1) is 12.2. The Morgan fingerprint density at radius 1 is 1.40 bits per heavy atom. The molecular weight excluding hydrogens is 314 g/mol. The number of aliphatic imine (C=N–C) groups is 1. The number of ether oxygens (including phenoxy) is 1. The monoisotopic (exact) mass is 339 g/mol. The molecule has 0 unspecified atom stereocenters. The number of hydrogen-bond donors (Lipinski definition) is 2. The van der Waals surface area contributed by atoms with Crippen molar-refractivity contribution < 1.29 is 4.74 Å². The molecule has 132 valence electrons. The van der Waals surface area contributed by atoms with E-state index in [9.17, 15) is 0 Å². The molecule has 6 heteroatoms. The second-order valence-electron chi connectivity index (χ2n) is 6.98. The average Bonchev–Trinajstić information content (AvgIpc) is 3.32. The van der Waals surface area contributed by atoms with E-state index in [4.69, 9.17) is 10.5 Å². The van der Waals surface area contributed by atoms with Crippen molar-refractivity contribution in [1.82, 2.24) is 9.78 Å². The molecule has 2 heterocycles. The van der Waals surface area contributed by atoms with Crippen molar-refractivity contribution in [2.45, 2.75) is 31.8 Å². The number of rotatable bonds is 4. The molecule has 2 aliphatic rings. The molecule has 2 aromatic rings. The summed E-state index contributed by atoms with van der Waals surface area (Å²) in [4.78, 5) is 4.55. The van der Waals surface area contributed by atoms with Gasteiger partial charge >= 0.3 is 0 Å². The molecule has 2 atom stereocenters. The molecule has 3 N–H and O–H groups in total. The number of nitrogens with zero attached hydrogens (tertiary/aromatic N) is 3. The Morgan fingerprint density at radius 3 is 3.12 bits per heavy atom. The summed E-state index contributed by atoms with van der Waals surface area (Å²) in [7, 11) is 1.92. The van der Waals surface area contributed by atoms with Crippen molar-refractivity contribution in [3.8, 4) is 0 Å². The van der Waals surface area contributed by atoms with E-state index in [0.29, 0.717) is 18.4 Å². The minimum absolute atomic E-state index is 0.0604. The van der Waals surface area contributed by atoms with E-state index in [1.54, 1.807) is 4.68 Å². The lowest BCUT2D eigenvalue weighted by molar-refractivity contribution is 0.0925. The van der Waals surface area contributed by atoms with Crippen LogP contribution < -0.4 is 11.1 Å². The van der Waals surface area contributed by atoms with Crippen LogP contribution in [0.25, 0.3) is 0 Å². The van der Waals surface area contributed by atoms with E-state index in [0.717, 1.165) is 30.7 Å². The largest absolute Gasteiger partial charge is 0.373 e. The van der Waals surface area contributed by atoms with Crippen molar-refractivity contribution in [2.24, 2.45) is 23.7 Å². The zero-order chi connectivity index (χ0) is 17.2. The van der Waals surface area contributed by atoms with Crippen LogP contribution in [0, 0.1) is 5.92 Å². The zero-order valence-corrected chi connectivity index (χ0v) is 14.6. The highest BCUT2D eigenvalue weighted by atomic mass is 16.5. The van der Waals surface area contributed by atoms with Gasteiger partial charge in [0.2, 0.25) is 0 Å². The fraction of sp³-hybridized carbons (Fsp3) is 0.474. The van der Waals surface area contributed by atoms with E-state index < -0.39 is 0 Å². The lowest BCUT2D eigenvalue weighted by atomic mass is 9.98. The molecule has 1 fully saturated rings. The van der Waals surface area contributed by atoms with Gasteiger partial charge in [0, 0.05) is 43.6 Å². The summed E-state index contributed by atoms with van der Waals surface area (Å²) in [5.41, 5.74) is 11.1. The van der Waals surface area contributed by atoms with Crippen LogP contribution in [0.5, 0.6) is 0 Å². The van der Waals surface area contributed by atoms with Gasteiger partial charge in [-0.05, 0) is 48.9 Å². The van der Waals surface area contributed by atoms with Crippen LogP contribution in [-0.4, -0.2) is 28.9 Å². The maximum Gasteiger partial charge on any atom is 0.193 e. The molecule has 6 nitrogen and oxygen atoms in total. The minimum atomic E-state index is 0.0604. The normalized spacial score (nSPS) is 23.0. The third kappa shape index (κ3) is 3.54. The van der Waals surface area contributed by atoms with Crippen LogP contribution in [0.3, 0.4) is 0 Å². The molecule has 0 radical (unpaired) electrons. The quantitative estimate of drug-likeness (QED) is 0.662. The minimum Gasteiger partial charge on any atom is -0.373 e. The number of guanidine groups is 1. The Bertz CT molecular complexity index is 782. The molecule has 1 aliphatic heterocycles. The van der Waals surface area contributed by atoms with Gasteiger partial charge in [-0.2, -0.15) is 5.10 Å². The van der Waals surface area contributed by atoms with E-state index in [2.05, 4.69) is 33.6 Å². The fourth-order valence-corrected chi connectivity index (χ4v) is 3.83. The van der Waals surface area contributed by atoms with Gasteiger partial charge in [0.15, 0.2) is 5.96 Å². The molecule has 1 saturated heterocycles. The van der Waals surface area contributed by atoms with Crippen LogP contribution >= 0.6 is 0 Å². The summed E-state index contributed by atoms with van der Waals surface area (Å²) in [5.74, 6) is 0.805. The zero-order valence-electron chi connectivity index (χ0n) is 14.6. The van der Waals surface area contributed by atoms with E-state index >= 15 is 0 Å². The maximum atomic E-state index is 6.10. The lowest BCUT2D eigenvalue weighted by Gasteiger charge is -2.15. The fourth-order valence-electron chi connectivity index (χ4n) is 3.83. The molecule has 4 rings (SSSR count). The average molecular weight is 339 g/mol. The van der Waals surface area contributed by atoms with Gasteiger partial charge in [-0.1, -0.05) is 6.07 Å². The molecule has 0 saturated carbocycles. The SMILES string of the molecule is Cn1cc([C@@H]2OCC[C@H]2CN=C(N)Nc2ccc3c(c2)CCC3)cn1. The summed E-state index contributed by atoms with van der Waals surface area (Å²) in [5, 5.41) is 7.46. The van der Waals surface area contributed by atoms with Gasteiger partial charge in [0.1, 0.15) is 0 Å².